The number of amides is 1. The molecule has 1 saturated heterocycles. The number of carbonyl (C=O) groups is 1. The number of nitrogens with zero attached hydrogens (tertiary/aromatic N) is 1. The SMILES string of the molecule is CC[C@H](Oc1cccc2ccccc12)C(=O)N1CCC[C@H](C)C1. The van der Waals surface area contributed by atoms with Gasteiger partial charge in [0, 0.05) is 18.5 Å². The molecule has 2 atom stereocenters. The van der Waals surface area contributed by atoms with E-state index < -0.39 is 6.10 Å². The molecule has 3 heteroatoms. The average Bonchev–Trinajstić information content (AvgIpc) is 2.59. The van der Waals surface area contributed by atoms with Crippen LogP contribution < -0.4 is 4.74 Å². The molecule has 23 heavy (non-hydrogen) atoms. The van der Waals surface area contributed by atoms with Gasteiger partial charge in [-0.25, -0.2) is 0 Å². The van der Waals surface area contributed by atoms with Crippen LogP contribution in [0.3, 0.4) is 0 Å². The van der Waals surface area contributed by atoms with Crippen molar-refractivity contribution in [2.24, 2.45) is 5.92 Å². The highest BCUT2D eigenvalue weighted by Gasteiger charge is 2.28. The van der Waals surface area contributed by atoms with E-state index in [-0.39, 0.29) is 5.91 Å². The second kappa shape index (κ2) is 7.03. The zero-order valence-corrected chi connectivity index (χ0v) is 14.0. The lowest BCUT2D eigenvalue weighted by molar-refractivity contribution is -0.140. The smallest absolute Gasteiger partial charge is 0.263 e. The van der Waals surface area contributed by atoms with Crippen LogP contribution in [-0.4, -0.2) is 30.0 Å². The molecule has 0 radical (unpaired) electrons. The lowest BCUT2D eigenvalue weighted by atomic mass is 9.99. The molecule has 0 unspecified atom stereocenters. The molecule has 0 aromatic heterocycles. The van der Waals surface area contributed by atoms with E-state index in [0.29, 0.717) is 12.3 Å². The molecule has 1 fully saturated rings. The quantitative estimate of drug-likeness (QED) is 0.844. The molecule has 0 bridgehead atoms. The van der Waals surface area contributed by atoms with E-state index in [1.54, 1.807) is 0 Å². The number of rotatable bonds is 4. The number of carbonyl (C=O) groups excluding carboxylic acids is 1. The summed E-state index contributed by atoms with van der Waals surface area (Å²) >= 11 is 0. The topological polar surface area (TPSA) is 29.5 Å². The summed E-state index contributed by atoms with van der Waals surface area (Å²) in [5.74, 6) is 1.52. The number of likely N-dealkylation sites (tertiary alicyclic amines) is 1. The molecule has 2 aromatic rings. The van der Waals surface area contributed by atoms with Crippen LogP contribution >= 0.6 is 0 Å². The Morgan fingerprint density at radius 3 is 2.83 bits per heavy atom. The van der Waals surface area contributed by atoms with Crippen molar-refractivity contribution in [1.29, 1.82) is 0 Å². The number of fused-ring (bicyclic) bond motifs is 1. The molecular weight excluding hydrogens is 286 g/mol. The highest BCUT2D eigenvalue weighted by atomic mass is 16.5. The lowest BCUT2D eigenvalue weighted by Crippen LogP contribution is -2.46. The maximum atomic E-state index is 12.8. The van der Waals surface area contributed by atoms with E-state index in [9.17, 15) is 4.79 Å². The Balaban J connectivity index is 1.79. The summed E-state index contributed by atoms with van der Waals surface area (Å²) in [5.41, 5.74) is 0. The molecule has 0 spiro atoms. The van der Waals surface area contributed by atoms with Gasteiger partial charge in [-0.05, 0) is 36.6 Å². The molecular formula is C20H25NO2. The Morgan fingerprint density at radius 2 is 2.04 bits per heavy atom. The number of benzene rings is 2. The van der Waals surface area contributed by atoms with Gasteiger partial charge in [0.15, 0.2) is 6.10 Å². The summed E-state index contributed by atoms with van der Waals surface area (Å²) in [6, 6.07) is 14.1. The molecule has 122 valence electrons. The predicted molar refractivity (Wildman–Crippen MR) is 93.6 cm³/mol. The van der Waals surface area contributed by atoms with E-state index in [1.165, 1.54) is 6.42 Å². The third-order valence-corrected chi connectivity index (χ3v) is 4.63. The van der Waals surface area contributed by atoms with Crippen LogP contribution in [0.4, 0.5) is 0 Å². The van der Waals surface area contributed by atoms with Crippen LogP contribution in [0.5, 0.6) is 5.75 Å². The van der Waals surface area contributed by atoms with Crippen molar-refractivity contribution in [1.82, 2.24) is 4.90 Å². The standard InChI is InChI=1S/C20H25NO2/c1-3-18(20(22)21-13-7-8-15(2)14-21)23-19-12-6-10-16-9-4-5-11-17(16)19/h4-6,9-12,15,18H,3,7-8,13-14H2,1-2H3/t15-,18-/m0/s1. The maximum absolute atomic E-state index is 12.8. The number of piperidine rings is 1. The second-order valence-electron chi connectivity index (χ2n) is 6.52. The Labute approximate surface area is 138 Å². The zero-order chi connectivity index (χ0) is 16.2. The van der Waals surface area contributed by atoms with Gasteiger partial charge in [-0.3, -0.25) is 4.79 Å². The number of hydrogen-bond acceptors (Lipinski definition) is 2. The average molecular weight is 311 g/mol. The fraction of sp³-hybridized carbons (Fsp3) is 0.450. The Kier molecular flexibility index (Phi) is 4.85. The minimum atomic E-state index is -0.397. The Morgan fingerprint density at radius 1 is 1.26 bits per heavy atom. The van der Waals surface area contributed by atoms with Gasteiger partial charge in [0.2, 0.25) is 0 Å². The van der Waals surface area contributed by atoms with Crippen LogP contribution in [0.25, 0.3) is 10.8 Å². The summed E-state index contributed by atoms with van der Waals surface area (Å²) in [5, 5.41) is 2.20. The van der Waals surface area contributed by atoms with Gasteiger partial charge in [0.05, 0.1) is 0 Å². The molecule has 2 aromatic carbocycles. The molecule has 3 nitrogen and oxygen atoms in total. The van der Waals surface area contributed by atoms with Crippen LogP contribution in [0, 0.1) is 5.92 Å². The summed E-state index contributed by atoms with van der Waals surface area (Å²) in [6.07, 6.45) is 2.60. The van der Waals surface area contributed by atoms with Crippen molar-refractivity contribution in [3.8, 4) is 5.75 Å². The molecule has 0 N–H and O–H groups in total. The normalized spacial score (nSPS) is 19.6. The summed E-state index contributed by atoms with van der Waals surface area (Å²) in [7, 11) is 0. The second-order valence-corrected chi connectivity index (χ2v) is 6.52. The van der Waals surface area contributed by atoms with Crippen molar-refractivity contribution in [3.05, 3.63) is 42.5 Å². The number of ether oxygens (including phenoxy) is 1. The molecule has 3 rings (SSSR count). The van der Waals surface area contributed by atoms with Gasteiger partial charge in [-0.15, -0.1) is 0 Å². The van der Waals surface area contributed by atoms with Gasteiger partial charge in [-0.2, -0.15) is 0 Å². The number of hydrogen-bond donors (Lipinski definition) is 0. The van der Waals surface area contributed by atoms with E-state index in [4.69, 9.17) is 4.74 Å². The predicted octanol–water partition coefficient (Wildman–Crippen LogP) is 4.26. The van der Waals surface area contributed by atoms with Gasteiger partial charge >= 0.3 is 0 Å². The Bertz CT molecular complexity index is 677. The molecule has 1 aliphatic rings. The van der Waals surface area contributed by atoms with Crippen molar-refractivity contribution < 1.29 is 9.53 Å². The maximum Gasteiger partial charge on any atom is 0.263 e. The monoisotopic (exact) mass is 311 g/mol. The third-order valence-electron chi connectivity index (χ3n) is 4.63. The lowest BCUT2D eigenvalue weighted by Gasteiger charge is -2.33. The van der Waals surface area contributed by atoms with Gasteiger partial charge < -0.3 is 9.64 Å². The fourth-order valence-corrected chi connectivity index (χ4v) is 3.35. The highest BCUT2D eigenvalue weighted by Crippen LogP contribution is 2.27. The first-order valence-electron chi connectivity index (χ1n) is 8.62. The van der Waals surface area contributed by atoms with E-state index in [0.717, 1.165) is 36.0 Å². The summed E-state index contributed by atoms with van der Waals surface area (Å²) in [6.45, 7) is 5.94. The first-order valence-corrected chi connectivity index (χ1v) is 8.62. The largest absolute Gasteiger partial charge is 0.480 e. The molecule has 0 aliphatic carbocycles. The first-order chi connectivity index (χ1) is 11.2. The minimum Gasteiger partial charge on any atom is -0.480 e. The third kappa shape index (κ3) is 3.49. The highest BCUT2D eigenvalue weighted by molar-refractivity contribution is 5.89. The fourth-order valence-electron chi connectivity index (χ4n) is 3.35. The van der Waals surface area contributed by atoms with Crippen molar-refractivity contribution in [3.63, 3.8) is 0 Å². The van der Waals surface area contributed by atoms with Crippen molar-refractivity contribution in [2.75, 3.05) is 13.1 Å². The van der Waals surface area contributed by atoms with Gasteiger partial charge in [0.1, 0.15) is 5.75 Å². The van der Waals surface area contributed by atoms with Crippen molar-refractivity contribution in [2.45, 2.75) is 39.2 Å². The van der Waals surface area contributed by atoms with Crippen molar-refractivity contribution >= 4 is 16.7 Å². The minimum absolute atomic E-state index is 0.131. The molecule has 0 saturated carbocycles. The van der Waals surface area contributed by atoms with E-state index >= 15 is 0 Å². The van der Waals surface area contributed by atoms with Gasteiger partial charge in [0.25, 0.3) is 5.91 Å². The van der Waals surface area contributed by atoms with Crippen LogP contribution in [0.15, 0.2) is 42.5 Å². The van der Waals surface area contributed by atoms with Crippen LogP contribution in [0.1, 0.15) is 33.1 Å². The van der Waals surface area contributed by atoms with Crippen LogP contribution in [-0.2, 0) is 4.79 Å². The van der Waals surface area contributed by atoms with E-state index in [2.05, 4.69) is 19.1 Å². The first kappa shape index (κ1) is 15.9. The Hall–Kier alpha value is -2.03. The molecule has 1 heterocycles. The summed E-state index contributed by atoms with van der Waals surface area (Å²) < 4.78 is 6.14. The molecule has 1 aliphatic heterocycles. The zero-order valence-electron chi connectivity index (χ0n) is 14.0. The summed E-state index contributed by atoms with van der Waals surface area (Å²) in [4.78, 5) is 14.8. The van der Waals surface area contributed by atoms with E-state index in [1.807, 2.05) is 42.2 Å². The van der Waals surface area contributed by atoms with Gasteiger partial charge in [-0.1, -0.05) is 50.2 Å². The molecule has 1 amide bonds. The van der Waals surface area contributed by atoms with Crippen LogP contribution in [0.2, 0.25) is 0 Å².